The van der Waals surface area contributed by atoms with Crippen LogP contribution in [0, 0.1) is 0 Å². The van der Waals surface area contributed by atoms with Gasteiger partial charge in [0.1, 0.15) is 0 Å². The molecule has 70 valence electrons. The van der Waals surface area contributed by atoms with E-state index in [1.165, 1.54) is 0 Å². The van der Waals surface area contributed by atoms with Crippen LogP contribution in [0.15, 0.2) is 28.7 Å². The highest BCUT2D eigenvalue weighted by molar-refractivity contribution is 9.10. The highest BCUT2D eigenvalue weighted by Gasteiger charge is 2.11. The topological polar surface area (TPSA) is 43.1 Å². The quantitative estimate of drug-likeness (QED) is 0.855. The molecule has 2 N–H and O–H groups in total. The highest BCUT2D eigenvalue weighted by Crippen LogP contribution is 2.15. The van der Waals surface area contributed by atoms with Gasteiger partial charge in [0.05, 0.1) is 4.83 Å². The third-order valence-corrected chi connectivity index (χ3v) is 2.88. The number of halogens is 2. The minimum atomic E-state index is -0.333. The second-order valence-corrected chi connectivity index (χ2v) is 4.72. The van der Waals surface area contributed by atoms with Crippen LogP contribution in [0.4, 0.5) is 0 Å². The van der Waals surface area contributed by atoms with Crippen LogP contribution < -0.4 is 5.73 Å². The minimum Gasteiger partial charge on any atom is -0.369 e. The van der Waals surface area contributed by atoms with Crippen molar-refractivity contribution < 1.29 is 4.79 Å². The first kappa shape index (κ1) is 10.7. The molecule has 2 nitrogen and oxygen atoms in total. The molecule has 0 heterocycles. The lowest BCUT2D eigenvalue weighted by Gasteiger charge is -2.05. The summed E-state index contributed by atoms with van der Waals surface area (Å²) in [5.74, 6) is -0.333. The van der Waals surface area contributed by atoms with Crippen molar-refractivity contribution in [2.45, 2.75) is 11.2 Å². The molecule has 0 aromatic heterocycles. The number of carbonyl (C=O) groups excluding carboxylic acids is 1. The van der Waals surface area contributed by atoms with Crippen molar-refractivity contribution in [2.24, 2.45) is 5.73 Å². The monoisotopic (exact) mass is 305 g/mol. The van der Waals surface area contributed by atoms with Crippen molar-refractivity contribution in [2.75, 3.05) is 0 Å². The van der Waals surface area contributed by atoms with Crippen molar-refractivity contribution in [3.63, 3.8) is 0 Å². The second kappa shape index (κ2) is 4.77. The van der Waals surface area contributed by atoms with E-state index in [1.54, 1.807) is 0 Å². The van der Waals surface area contributed by atoms with Gasteiger partial charge in [-0.15, -0.1) is 0 Å². The van der Waals surface area contributed by atoms with Gasteiger partial charge in [-0.3, -0.25) is 4.79 Å². The zero-order chi connectivity index (χ0) is 9.84. The highest BCUT2D eigenvalue weighted by atomic mass is 79.9. The molecule has 13 heavy (non-hydrogen) atoms. The Kier molecular flexibility index (Phi) is 3.93. The van der Waals surface area contributed by atoms with Crippen molar-refractivity contribution >= 4 is 37.8 Å². The third-order valence-electron chi connectivity index (χ3n) is 1.61. The normalized spacial score (nSPS) is 12.5. The largest absolute Gasteiger partial charge is 0.369 e. The number of hydrogen-bond acceptors (Lipinski definition) is 1. The van der Waals surface area contributed by atoms with E-state index in [1.807, 2.05) is 24.3 Å². The van der Waals surface area contributed by atoms with Crippen LogP contribution in [0.1, 0.15) is 5.56 Å². The van der Waals surface area contributed by atoms with Gasteiger partial charge in [-0.25, -0.2) is 0 Å². The van der Waals surface area contributed by atoms with Crippen LogP contribution in [0.5, 0.6) is 0 Å². The smallest absolute Gasteiger partial charge is 0.231 e. The Morgan fingerprint density at radius 1 is 1.54 bits per heavy atom. The molecule has 1 unspecified atom stereocenters. The predicted molar refractivity (Wildman–Crippen MR) is 59.8 cm³/mol. The summed E-state index contributed by atoms with van der Waals surface area (Å²) in [7, 11) is 0. The maximum atomic E-state index is 10.8. The summed E-state index contributed by atoms with van der Waals surface area (Å²) in [5.41, 5.74) is 6.20. The fourth-order valence-corrected chi connectivity index (χ4v) is 1.79. The molecule has 1 amide bonds. The molecular formula is C9H9Br2NO. The van der Waals surface area contributed by atoms with Crippen molar-refractivity contribution in [3.8, 4) is 0 Å². The molecule has 0 bridgehead atoms. The molecule has 0 aliphatic carbocycles. The van der Waals surface area contributed by atoms with Crippen LogP contribution in [0.2, 0.25) is 0 Å². The van der Waals surface area contributed by atoms with Crippen molar-refractivity contribution in [1.82, 2.24) is 0 Å². The van der Waals surface area contributed by atoms with E-state index in [9.17, 15) is 4.79 Å². The Labute approximate surface area is 93.8 Å². The molecule has 0 saturated heterocycles. The van der Waals surface area contributed by atoms with Gasteiger partial charge < -0.3 is 5.73 Å². The molecule has 0 fully saturated rings. The predicted octanol–water partition coefficient (Wildman–Crippen LogP) is 2.24. The number of rotatable bonds is 3. The van der Waals surface area contributed by atoms with E-state index < -0.39 is 0 Å². The van der Waals surface area contributed by atoms with Gasteiger partial charge in [0.2, 0.25) is 5.91 Å². The number of alkyl halides is 1. The van der Waals surface area contributed by atoms with Crippen LogP contribution in [-0.2, 0) is 11.2 Å². The molecule has 4 heteroatoms. The molecular weight excluding hydrogens is 298 g/mol. The summed E-state index contributed by atoms with van der Waals surface area (Å²) < 4.78 is 1.01. The molecule has 0 aliphatic heterocycles. The average molecular weight is 307 g/mol. The molecule has 1 rings (SSSR count). The Morgan fingerprint density at radius 2 is 2.23 bits per heavy atom. The Bertz CT molecular complexity index is 314. The fraction of sp³-hybridized carbons (Fsp3) is 0.222. The molecule has 0 radical (unpaired) electrons. The van der Waals surface area contributed by atoms with Crippen LogP contribution >= 0.6 is 31.9 Å². The maximum absolute atomic E-state index is 10.8. The van der Waals surface area contributed by atoms with E-state index >= 15 is 0 Å². The summed E-state index contributed by atoms with van der Waals surface area (Å²) in [6, 6.07) is 7.80. The second-order valence-electron chi connectivity index (χ2n) is 2.70. The summed E-state index contributed by atoms with van der Waals surface area (Å²) in [6.45, 7) is 0. The molecule has 0 aliphatic rings. The van der Waals surface area contributed by atoms with Gasteiger partial charge in [0.15, 0.2) is 0 Å². The van der Waals surface area contributed by atoms with E-state index in [-0.39, 0.29) is 10.7 Å². The first-order valence-corrected chi connectivity index (χ1v) is 5.48. The number of hydrogen-bond donors (Lipinski definition) is 1. The van der Waals surface area contributed by atoms with Crippen LogP contribution in [-0.4, -0.2) is 10.7 Å². The Balaban J connectivity index is 2.69. The van der Waals surface area contributed by atoms with Crippen molar-refractivity contribution in [1.29, 1.82) is 0 Å². The van der Waals surface area contributed by atoms with Gasteiger partial charge in [-0.1, -0.05) is 44.0 Å². The maximum Gasteiger partial charge on any atom is 0.231 e. The van der Waals surface area contributed by atoms with E-state index in [0.29, 0.717) is 6.42 Å². The molecule has 1 aromatic carbocycles. The lowest BCUT2D eigenvalue weighted by molar-refractivity contribution is -0.117. The number of benzene rings is 1. The fourth-order valence-electron chi connectivity index (χ4n) is 0.971. The summed E-state index contributed by atoms with van der Waals surface area (Å²) >= 11 is 6.57. The molecule has 1 atom stereocenters. The number of amides is 1. The first-order valence-electron chi connectivity index (χ1n) is 3.77. The molecule has 1 aromatic rings. The van der Waals surface area contributed by atoms with Gasteiger partial charge in [0, 0.05) is 4.47 Å². The third kappa shape index (κ3) is 3.48. The SMILES string of the molecule is NC(=O)C(Br)Cc1cccc(Br)c1. The molecule has 0 saturated carbocycles. The van der Waals surface area contributed by atoms with E-state index in [2.05, 4.69) is 31.9 Å². The summed E-state index contributed by atoms with van der Waals surface area (Å²) in [6.07, 6.45) is 0.620. The number of carbonyl (C=O) groups is 1. The van der Waals surface area contributed by atoms with Gasteiger partial charge in [-0.2, -0.15) is 0 Å². The van der Waals surface area contributed by atoms with Crippen molar-refractivity contribution in [3.05, 3.63) is 34.3 Å². The van der Waals surface area contributed by atoms with Crippen LogP contribution in [0.3, 0.4) is 0 Å². The standard InChI is InChI=1S/C9H9Br2NO/c10-7-3-1-2-6(4-7)5-8(11)9(12)13/h1-4,8H,5H2,(H2,12,13). The van der Waals surface area contributed by atoms with Crippen LogP contribution in [0.25, 0.3) is 0 Å². The first-order chi connectivity index (χ1) is 6.09. The Hall–Kier alpha value is -0.350. The lowest BCUT2D eigenvalue weighted by Crippen LogP contribution is -2.24. The zero-order valence-corrected chi connectivity index (χ0v) is 10.0. The summed E-state index contributed by atoms with van der Waals surface area (Å²) in [5, 5.41) is 0. The van der Waals surface area contributed by atoms with Gasteiger partial charge >= 0.3 is 0 Å². The number of primary amides is 1. The summed E-state index contributed by atoms with van der Waals surface area (Å²) in [4.78, 5) is 10.5. The van der Waals surface area contributed by atoms with Gasteiger partial charge in [-0.05, 0) is 24.1 Å². The number of nitrogens with two attached hydrogens (primary N) is 1. The minimum absolute atomic E-state index is 0.290. The van der Waals surface area contributed by atoms with E-state index in [0.717, 1.165) is 10.0 Å². The zero-order valence-electron chi connectivity index (χ0n) is 6.84. The van der Waals surface area contributed by atoms with Gasteiger partial charge in [0.25, 0.3) is 0 Å². The van der Waals surface area contributed by atoms with E-state index in [4.69, 9.17) is 5.73 Å². The average Bonchev–Trinajstić information content (AvgIpc) is 2.04. The lowest BCUT2D eigenvalue weighted by atomic mass is 10.1. The molecule has 0 spiro atoms. The Morgan fingerprint density at radius 3 is 2.77 bits per heavy atom.